The molecule has 0 spiro atoms. The Morgan fingerprint density at radius 3 is 2.69 bits per heavy atom. The van der Waals surface area contributed by atoms with Gasteiger partial charge in [0.15, 0.2) is 6.04 Å². The molecule has 140 valence electrons. The molecule has 1 aromatic rings. The van der Waals surface area contributed by atoms with Gasteiger partial charge in [-0.2, -0.15) is 0 Å². The van der Waals surface area contributed by atoms with E-state index in [0.717, 1.165) is 19.3 Å². The highest BCUT2D eigenvalue weighted by atomic mass is 16.5. The molecule has 0 unspecified atom stereocenters. The standard InChI is InChI=1S/C19H25N3O4/c1-2-26-19(25)12-7-9-13(10-8-12)20-17(23)11-16-18(24)22-15-6-4-3-5-14(15)21-16/h7-10,14-16,21H,2-6,11H2,1H3,(H,20,23)(H,22,24)/p+1/t14-,15-,16+/m0/s1. The quantitative estimate of drug-likeness (QED) is 0.668. The molecular formula is C19H26N3O4+. The summed E-state index contributed by atoms with van der Waals surface area (Å²) in [5, 5.41) is 7.92. The Kier molecular flexibility index (Phi) is 5.88. The Labute approximate surface area is 152 Å². The maximum absolute atomic E-state index is 12.3. The van der Waals surface area contributed by atoms with Crippen molar-refractivity contribution in [3.63, 3.8) is 0 Å². The lowest BCUT2D eigenvalue weighted by molar-refractivity contribution is -0.718. The van der Waals surface area contributed by atoms with Crippen LogP contribution in [0, 0.1) is 0 Å². The zero-order valence-corrected chi connectivity index (χ0v) is 15.0. The number of nitrogens with two attached hydrogens (primary N) is 1. The van der Waals surface area contributed by atoms with Gasteiger partial charge in [-0.25, -0.2) is 4.79 Å². The predicted molar refractivity (Wildman–Crippen MR) is 95.5 cm³/mol. The average molecular weight is 360 g/mol. The van der Waals surface area contributed by atoms with E-state index < -0.39 is 0 Å². The van der Waals surface area contributed by atoms with E-state index in [9.17, 15) is 14.4 Å². The van der Waals surface area contributed by atoms with Gasteiger partial charge in [0.25, 0.3) is 5.91 Å². The molecule has 7 heteroatoms. The van der Waals surface area contributed by atoms with Gasteiger partial charge < -0.3 is 20.7 Å². The highest BCUT2D eigenvalue weighted by Crippen LogP contribution is 2.18. The van der Waals surface area contributed by atoms with Crippen molar-refractivity contribution in [3.8, 4) is 0 Å². The van der Waals surface area contributed by atoms with Crippen LogP contribution in [0.1, 0.15) is 49.4 Å². The number of benzene rings is 1. The minimum absolute atomic E-state index is 0.0547. The maximum atomic E-state index is 12.3. The van der Waals surface area contributed by atoms with Crippen LogP contribution in [-0.4, -0.2) is 42.5 Å². The highest BCUT2D eigenvalue weighted by molar-refractivity contribution is 5.96. The molecule has 1 heterocycles. The van der Waals surface area contributed by atoms with Crippen molar-refractivity contribution in [2.75, 3.05) is 11.9 Å². The van der Waals surface area contributed by atoms with Crippen LogP contribution in [0.5, 0.6) is 0 Å². The van der Waals surface area contributed by atoms with Gasteiger partial charge in [0.1, 0.15) is 6.04 Å². The van der Waals surface area contributed by atoms with Gasteiger partial charge in [-0.1, -0.05) is 6.42 Å². The number of piperazine rings is 1. The van der Waals surface area contributed by atoms with Gasteiger partial charge in [0.2, 0.25) is 5.91 Å². The van der Waals surface area contributed by atoms with Crippen molar-refractivity contribution in [2.24, 2.45) is 0 Å². The first kappa shape index (κ1) is 18.4. The molecule has 1 aliphatic heterocycles. The first-order chi connectivity index (χ1) is 12.6. The number of anilines is 1. The van der Waals surface area contributed by atoms with E-state index in [2.05, 4.69) is 16.0 Å². The molecule has 2 amide bonds. The van der Waals surface area contributed by atoms with Crippen LogP contribution in [0.2, 0.25) is 0 Å². The molecule has 26 heavy (non-hydrogen) atoms. The topological polar surface area (TPSA) is 101 Å². The zero-order valence-electron chi connectivity index (χ0n) is 15.0. The summed E-state index contributed by atoms with van der Waals surface area (Å²) in [6, 6.07) is 6.78. The lowest BCUT2D eigenvalue weighted by Gasteiger charge is -2.37. The third kappa shape index (κ3) is 4.40. The van der Waals surface area contributed by atoms with Crippen molar-refractivity contribution >= 4 is 23.5 Å². The van der Waals surface area contributed by atoms with Crippen LogP contribution in [0.3, 0.4) is 0 Å². The third-order valence-corrected chi connectivity index (χ3v) is 5.05. The molecular weight excluding hydrogens is 334 g/mol. The number of carbonyl (C=O) groups excluding carboxylic acids is 3. The number of fused-ring (bicyclic) bond motifs is 1. The van der Waals surface area contributed by atoms with E-state index in [-0.39, 0.29) is 36.3 Å². The van der Waals surface area contributed by atoms with Crippen LogP contribution < -0.4 is 16.0 Å². The number of ether oxygens (including phenoxy) is 1. The molecule has 4 N–H and O–H groups in total. The average Bonchev–Trinajstić information content (AvgIpc) is 2.63. The molecule has 1 saturated carbocycles. The second-order valence-corrected chi connectivity index (χ2v) is 6.91. The first-order valence-electron chi connectivity index (χ1n) is 9.29. The molecule has 0 radical (unpaired) electrons. The van der Waals surface area contributed by atoms with E-state index in [4.69, 9.17) is 4.74 Å². The fourth-order valence-corrected chi connectivity index (χ4v) is 3.72. The van der Waals surface area contributed by atoms with Gasteiger partial charge in [0, 0.05) is 12.1 Å². The SMILES string of the molecule is CCOC(=O)c1ccc(NC(=O)C[C@H]2[NH2+][C@H]3CCCC[C@@H]3NC2=O)cc1. The molecule has 0 aromatic heterocycles. The van der Waals surface area contributed by atoms with E-state index >= 15 is 0 Å². The van der Waals surface area contributed by atoms with Crippen molar-refractivity contribution in [1.82, 2.24) is 5.32 Å². The molecule has 2 fully saturated rings. The van der Waals surface area contributed by atoms with E-state index in [1.54, 1.807) is 31.2 Å². The van der Waals surface area contributed by atoms with Crippen molar-refractivity contribution in [1.29, 1.82) is 0 Å². The molecule has 7 nitrogen and oxygen atoms in total. The van der Waals surface area contributed by atoms with Gasteiger partial charge in [-0.3, -0.25) is 9.59 Å². The zero-order chi connectivity index (χ0) is 18.5. The predicted octanol–water partition coefficient (Wildman–Crippen LogP) is 0.565. The Bertz CT molecular complexity index is 674. The van der Waals surface area contributed by atoms with Crippen LogP contribution >= 0.6 is 0 Å². The Morgan fingerprint density at radius 2 is 1.96 bits per heavy atom. The molecule has 2 aliphatic rings. The lowest BCUT2D eigenvalue weighted by Crippen LogP contribution is -3.03. The minimum Gasteiger partial charge on any atom is -0.462 e. The van der Waals surface area contributed by atoms with E-state index in [0.29, 0.717) is 23.9 Å². The Hall–Kier alpha value is -2.41. The maximum Gasteiger partial charge on any atom is 0.338 e. The number of rotatable bonds is 5. The highest BCUT2D eigenvalue weighted by Gasteiger charge is 2.40. The fourth-order valence-electron chi connectivity index (χ4n) is 3.72. The van der Waals surface area contributed by atoms with Crippen LogP contribution in [-0.2, 0) is 14.3 Å². The molecule has 1 aromatic carbocycles. The number of nitrogens with one attached hydrogen (secondary N) is 2. The van der Waals surface area contributed by atoms with Crippen LogP contribution in [0.4, 0.5) is 5.69 Å². The Balaban J connectivity index is 1.53. The van der Waals surface area contributed by atoms with Gasteiger partial charge in [-0.05, 0) is 44.0 Å². The first-order valence-corrected chi connectivity index (χ1v) is 9.29. The van der Waals surface area contributed by atoms with Gasteiger partial charge in [0.05, 0.1) is 24.6 Å². The summed E-state index contributed by atoms with van der Waals surface area (Å²) in [7, 11) is 0. The summed E-state index contributed by atoms with van der Waals surface area (Å²) < 4.78 is 4.93. The largest absolute Gasteiger partial charge is 0.462 e. The van der Waals surface area contributed by atoms with E-state index in [1.165, 1.54) is 6.42 Å². The fraction of sp³-hybridized carbons (Fsp3) is 0.526. The monoisotopic (exact) mass is 360 g/mol. The van der Waals surface area contributed by atoms with Crippen molar-refractivity contribution in [2.45, 2.75) is 57.2 Å². The number of amides is 2. The summed E-state index contributed by atoms with van der Waals surface area (Å²) >= 11 is 0. The van der Waals surface area contributed by atoms with Gasteiger partial charge >= 0.3 is 5.97 Å². The number of hydrogen-bond acceptors (Lipinski definition) is 4. The van der Waals surface area contributed by atoms with Crippen molar-refractivity contribution in [3.05, 3.63) is 29.8 Å². The number of carbonyl (C=O) groups is 3. The normalized spacial score (nSPS) is 25.0. The van der Waals surface area contributed by atoms with Crippen molar-refractivity contribution < 1.29 is 24.4 Å². The molecule has 1 saturated heterocycles. The second-order valence-electron chi connectivity index (χ2n) is 6.91. The number of hydrogen-bond donors (Lipinski definition) is 3. The third-order valence-electron chi connectivity index (χ3n) is 5.05. The van der Waals surface area contributed by atoms with E-state index in [1.807, 2.05) is 0 Å². The minimum atomic E-state index is -0.388. The number of esters is 1. The molecule has 1 aliphatic carbocycles. The lowest BCUT2D eigenvalue weighted by atomic mass is 9.87. The summed E-state index contributed by atoms with van der Waals surface area (Å²) in [6.45, 7) is 2.07. The summed E-state index contributed by atoms with van der Waals surface area (Å²) in [4.78, 5) is 36.2. The summed E-state index contributed by atoms with van der Waals surface area (Å²) in [5.74, 6) is -0.651. The second kappa shape index (κ2) is 8.31. The Morgan fingerprint density at radius 1 is 1.23 bits per heavy atom. The number of quaternary nitrogens is 1. The van der Waals surface area contributed by atoms with Crippen LogP contribution in [0.25, 0.3) is 0 Å². The summed E-state index contributed by atoms with van der Waals surface area (Å²) in [5.41, 5.74) is 1.03. The molecule has 3 atom stereocenters. The molecule has 0 bridgehead atoms. The molecule has 3 rings (SSSR count). The van der Waals surface area contributed by atoms with Gasteiger partial charge in [-0.15, -0.1) is 0 Å². The van der Waals surface area contributed by atoms with Crippen LogP contribution in [0.15, 0.2) is 24.3 Å². The summed E-state index contributed by atoms with van der Waals surface area (Å²) in [6.07, 6.45) is 4.58. The smallest absolute Gasteiger partial charge is 0.338 e.